The number of carbonyl (C=O) groups excluding carboxylic acids is 1. The number of rotatable bonds is 6. The van der Waals surface area contributed by atoms with Crippen LogP contribution in [0.25, 0.3) is 11.3 Å². The number of hydrogen-bond acceptors (Lipinski definition) is 5. The van der Waals surface area contributed by atoms with E-state index in [9.17, 15) is 9.18 Å². The van der Waals surface area contributed by atoms with Gasteiger partial charge < -0.3 is 9.57 Å². The molecule has 30 heavy (non-hydrogen) atoms. The second kappa shape index (κ2) is 8.61. The third-order valence-corrected chi connectivity index (χ3v) is 5.32. The minimum atomic E-state index is -0.803. The minimum absolute atomic E-state index is 0.264. The molecular weight excluding hydrogens is 385 g/mol. The molecule has 1 aromatic heterocycles. The molecule has 1 fully saturated rings. The van der Waals surface area contributed by atoms with Crippen LogP contribution in [0.5, 0.6) is 0 Å². The van der Waals surface area contributed by atoms with E-state index in [-0.39, 0.29) is 12.4 Å². The number of pyridine rings is 1. The number of cyclic esters (lactones) is 1. The van der Waals surface area contributed by atoms with E-state index in [1.165, 1.54) is 17.0 Å². The highest BCUT2D eigenvalue weighted by Gasteiger charge is 2.42. The lowest BCUT2D eigenvalue weighted by atomic mass is 9.86. The molecule has 2 heterocycles. The molecule has 1 aliphatic heterocycles. The zero-order valence-corrected chi connectivity index (χ0v) is 16.3. The summed E-state index contributed by atoms with van der Waals surface area (Å²) in [6.45, 7) is 0.693. The first kappa shape index (κ1) is 20.0. The number of anilines is 1. The van der Waals surface area contributed by atoms with E-state index in [0.717, 1.165) is 11.1 Å². The summed E-state index contributed by atoms with van der Waals surface area (Å²) < 4.78 is 19.2. The largest absolute Gasteiger partial charge is 0.437 e. The first-order chi connectivity index (χ1) is 14.6. The van der Waals surface area contributed by atoms with Gasteiger partial charge in [-0.3, -0.25) is 4.90 Å². The Balaban J connectivity index is 1.59. The summed E-state index contributed by atoms with van der Waals surface area (Å²) in [5.41, 5.74) is 1.52. The quantitative estimate of drug-likeness (QED) is 0.613. The van der Waals surface area contributed by atoms with Gasteiger partial charge in [0.15, 0.2) is 0 Å². The summed E-state index contributed by atoms with van der Waals surface area (Å²) in [4.78, 5) is 23.8. The number of benzene rings is 2. The van der Waals surface area contributed by atoms with Crippen LogP contribution in [-0.2, 0) is 15.2 Å². The molecule has 1 saturated heterocycles. The Morgan fingerprint density at radius 1 is 1.07 bits per heavy atom. The molecule has 0 saturated carbocycles. The molecule has 2 N–H and O–H groups in total. The number of aromatic nitrogens is 1. The summed E-state index contributed by atoms with van der Waals surface area (Å²) in [6, 6.07) is 21.1. The third-order valence-electron chi connectivity index (χ3n) is 5.32. The number of amides is 1. The van der Waals surface area contributed by atoms with Crippen molar-refractivity contribution in [3.8, 4) is 11.3 Å². The molecule has 0 aliphatic carbocycles. The molecule has 1 amide bonds. The maximum Gasteiger partial charge on any atom is 0.416 e. The van der Waals surface area contributed by atoms with Crippen LogP contribution in [0.2, 0.25) is 0 Å². The van der Waals surface area contributed by atoms with Crippen LogP contribution in [0.1, 0.15) is 18.4 Å². The highest BCUT2D eigenvalue weighted by Crippen LogP contribution is 2.38. The van der Waals surface area contributed by atoms with Gasteiger partial charge in [0, 0.05) is 24.9 Å². The third kappa shape index (κ3) is 4.03. The van der Waals surface area contributed by atoms with E-state index < -0.39 is 11.7 Å². The summed E-state index contributed by atoms with van der Waals surface area (Å²) in [7, 11) is 0. The van der Waals surface area contributed by atoms with E-state index in [2.05, 4.69) is 4.98 Å². The Morgan fingerprint density at radius 2 is 1.83 bits per heavy atom. The lowest BCUT2D eigenvalue weighted by Gasteiger charge is -2.41. The van der Waals surface area contributed by atoms with Gasteiger partial charge in [0.05, 0.1) is 12.3 Å². The Hall–Kier alpha value is -3.29. The van der Waals surface area contributed by atoms with Gasteiger partial charge in [-0.25, -0.2) is 20.1 Å². The highest BCUT2D eigenvalue weighted by molar-refractivity contribution is 5.88. The van der Waals surface area contributed by atoms with E-state index in [4.69, 9.17) is 15.5 Å². The van der Waals surface area contributed by atoms with Crippen molar-refractivity contribution in [3.63, 3.8) is 0 Å². The molecule has 0 radical (unpaired) electrons. The molecule has 2 aromatic carbocycles. The molecule has 1 atom stereocenters. The van der Waals surface area contributed by atoms with Gasteiger partial charge in [0.25, 0.3) is 0 Å². The first-order valence-corrected chi connectivity index (χ1v) is 9.72. The Morgan fingerprint density at radius 3 is 2.53 bits per heavy atom. The van der Waals surface area contributed by atoms with Crippen LogP contribution < -0.4 is 10.8 Å². The topological polar surface area (TPSA) is 77.7 Å². The average Bonchev–Trinajstić information content (AvgIpc) is 2.79. The Labute approximate surface area is 174 Å². The monoisotopic (exact) mass is 407 g/mol. The van der Waals surface area contributed by atoms with Crippen molar-refractivity contribution >= 4 is 11.9 Å². The number of halogens is 1. The second-order valence-corrected chi connectivity index (χ2v) is 7.14. The maximum atomic E-state index is 13.2. The minimum Gasteiger partial charge on any atom is -0.437 e. The fraction of sp³-hybridized carbons (Fsp3) is 0.217. The molecule has 7 heteroatoms. The Kier molecular flexibility index (Phi) is 5.74. The van der Waals surface area contributed by atoms with E-state index >= 15 is 0 Å². The van der Waals surface area contributed by atoms with Crippen LogP contribution in [0.15, 0.2) is 72.8 Å². The van der Waals surface area contributed by atoms with E-state index in [1.54, 1.807) is 18.2 Å². The highest BCUT2D eigenvalue weighted by atomic mass is 19.1. The van der Waals surface area contributed by atoms with Crippen molar-refractivity contribution < 1.29 is 18.8 Å². The van der Waals surface area contributed by atoms with Gasteiger partial charge in [-0.1, -0.05) is 36.4 Å². The molecule has 0 bridgehead atoms. The second-order valence-electron chi connectivity index (χ2n) is 7.14. The van der Waals surface area contributed by atoms with Crippen molar-refractivity contribution in [2.24, 2.45) is 5.90 Å². The van der Waals surface area contributed by atoms with Crippen LogP contribution in [-0.4, -0.2) is 24.2 Å². The normalized spacial score (nSPS) is 18.9. The summed E-state index contributed by atoms with van der Waals surface area (Å²) >= 11 is 0. The van der Waals surface area contributed by atoms with Crippen molar-refractivity contribution in [2.45, 2.75) is 18.4 Å². The molecule has 154 valence electrons. The number of nitrogens with two attached hydrogens (primary N) is 1. The van der Waals surface area contributed by atoms with Crippen LogP contribution in [0.3, 0.4) is 0 Å². The van der Waals surface area contributed by atoms with E-state index in [0.29, 0.717) is 30.9 Å². The molecule has 3 aromatic rings. The van der Waals surface area contributed by atoms with Gasteiger partial charge in [-0.2, -0.15) is 0 Å². The number of carbonyl (C=O) groups is 1. The molecule has 1 unspecified atom stereocenters. The fourth-order valence-electron chi connectivity index (χ4n) is 3.71. The SMILES string of the molecule is NOCCC1(c2ccccc2)CCN(c2cccc(-c3ccc(F)cc3)n2)C(=O)O1. The van der Waals surface area contributed by atoms with Crippen molar-refractivity contribution in [1.82, 2.24) is 4.98 Å². The van der Waals surface area contributed by atoms with E-state index in [1.807, 2.05) is 42.5 Å². The maximum absolute atomic E-state index is 13.2. The molecule has 4 rings (SSSR count). The molecule has 0 spiro atoms. The smallest absolute Gasteiger partial charge is 0.416 e. The average molecular weight is 407 g/mol. The number of nitrogens with zero attached hydrogens (tertiary/aromatic N) is 2. The summed E-state index contributed by atoms with van der Waals surface area (Å²) in [5, 5.41) is 0. The molecular formula is C23H22FN3O3. The molecule has 1 aliphatic rings. The lowest BCUT2D eigenvalue weighted by molar-refractivity contribution is -0.0354. The van der Waals surface area contributed by atoms with Crippen molar-refractivity contribution in [2.75, 3.05) is 18.1 Å². The Bertz CT molecular complexity index is 1010. The first-order valence-electron chi connectivity index (χ1n) is 9.72. The van der Waals surface area contributed by atoms with Crippen LogP contribution >= 0.6 is 0 Å². The predicted octanol–water partition coefficient (Wildman–Crippen LogP) is 4.41. The zero-order valence-electron chi connectivity index (χ0n) is 16.3. The summed E-state index contributed by atoms with van der Waals surface area (Å²) in [5.74, 6) is 5.41. The zero-order chi connectivity index (χ0) is 21.0. The van der Waals surface area contributed by atoms with Crippen LogP contribution in [0, 0.1) is 5.82 Å². The molecule has 6 nitrogen and oxygen atoms in total. The number of hydrogen-bond donors (Lipinski definition) is 1. The number of ether oxygens (including phenoxy) is 1. The van der Waals surface area contributed by atoms with Gasteiger partial charge in [-0.15, -0.1) is 0 Å². The van der Waals surface area contributed by atoms with Gasteiger partial charge in [0.2, 0.25) is 0 Å². The summed E-state index contributed by atoms with van der Waals surface area (Å²) in [6.07, 6.45) is 0.538. The van der Waals surface area contributed by atoms with Crippen LogP contribution in [0.4, 0.5) is 15.0 Å². The fourth-order valence-corrected chi connectivity index (χ4v) is 3.71. The van der Waals surface area contributed by atoms with Gasteiger partial charge >= 0.3 is 6.09 Å². The predicted molar refractivity (Wildman–Crippen MR) is 111 cm³/mol. The van der Waals surface area contributed by atoms with Crippen molar-refractivity contribution in [1.29, 1.82) is 0 Å². The standard InChI is InChI=1S/C23H22FN3O3/c24-19-11-9-17(10-12-19)20-7-4-8-21(26-20)27-15-13-23(14-16-29-25,30-22(27)28)18-5-2-1-3-6-18/h1-12H,13-16,25H2. The van der Waals surface area contributed by atoms with Gasteiger partial charge in [0.1, 0.15) is 17.2 Å². The van der Waals surface area contributed by atoms with Crippen molar-refractivity contribution in [3.05, 3.63) is 84.2 Å². The van der Waals surface area contributed by atoms with Gasteiger partial charge in [-0.05, 0) is 42.0 Å². The lowest BCUT2D eigenvalue weighted by Crippen LogP contribution is -2.49.